The highest BCUT2D eigenvalue weighted by Crippen LogP contribution is 2.37. The number of halogens is 1. The first-order chi connectivity index (χ1) is 9.02. The molecular formula is C14H19BrN2O2. The Hall–Kier alpha value is -1.10. The molecule has 104 valence electrons. The van der Waals surface area contributed by atoms with Gasteiger partial charge in [-0.1, -0.05) is 36.2 Å². The van der Waals surface area contributed by atoms with Crippen molar-refractivity contribution in [3.63, 3.8) is 0 Å². The predicted molar refractivity (Wildman–Crippen MR) is 80.4 cm³/mol. The van der Waals surface area contributed by atoms with Crippen LogP contribution in [0.5, 0.6) is 0 Å². The van der Waals surface area contributed by atoms with Crippen molar-refractivity contribution in [2.75, 3.05) is 5.32 Å². The van der Waals surface area contributed by atoms with Crippen LogP contribution in [0.15, 0.2) is 22.7 Å². The van der Waals surface area contributed by atoms with E-state index >= 15 is 0 Å². The van der Waals surface area contributed by atoms with E-state index in [-0.39, 0.29) is 10.6 Å². The van der Waals surface area contributed by atoms with Crippen LogP contribution in [-0.4, -0.2) is 11.0 Å². The van der Waals surface area contributed by atoms with Crippen molar-refractivity contribution in [1.82, 2.24) is 0 Å². The maximum atomic E-state index is 11.1. The fourth-order valence-electron chi connectivity index (χ4n) is 3.01. The number of hydrogen-bond acceptors (Lipinski definition) is 3. The monoisotopic (exact) mass is 326 g/mol. The van der Waals surface area contributed by atoms with Gasteiger partial charge in [0.1, 0.15) is 5.69 Å². The van der Waals surface area contributed by atoms with Gasteiger partial charge in [0.15, 0.2) is 0 Å². The average molecular weight is 327 g/mol. The molecule has 0 spiro atoms. The van der Waals surface area contributed by atoms with Gasteiger partial charge >= 0.3 is 0 Å². The van der Waals surface area contributed by atoms with E-state index in [9.17, 15) is 10.1 Å². The number of anilines is 1. The summed E-state index contributed by atoms with van der Waals surface area (Å²) < 4.78 is 0.732. The largest absolute Gasteiger partial charge is 0.376 e. The molecule has 0 aromatic heterocycles. The van der Waals surface area contributed by atoms with Crippen LogP contribution in [0.1, 0.15) is 33.1 Å². The van der Waals surface area contributed by atoms with Gasteiger partial charge in [0.05, 0.1) is 4.92 Å². The van der Waals surface area contributed by atoms with E-state index in [1.54, 1.807) is 12.1 Å². The molecule has 1 aromatic carbocycles. The smallest absolute Gasteiger partial charge is 0.293 e. The summed E-state index contributed by atoms with van der Waals surface area (Å²) in [5.41, 5.74) is 0.767. The van der Waals surface area contributed by atoms with Crippen LogP contribution in [0.3, 0.4) is 0 Å². The molecule has 1 aliphatic rings. The predicted octanol–water partition coefficient (Wildman–Crippen LogP) is 4.59. The fourth-order valence-corrected chi connectivity index (χ4v) is 3.35. The molecule has 1 fully saturated rings. The van der Waals surface area contributed by atoms with Gasteiger partial charge in [-0.2, -0.15) is 0 Å². The summed E-state index contributed by atoms with van der Waals surface area (Å²) in [6, 6.07) is 5.52. The third-order valence-corrected chi connectivity index (χ3v) is 4.74. The van der Waals surface area contributed by atoms with E-state index in [0.717, 1.165) is 16.8 Å². The summed E-state index contributed by atoms with van der Waals surface area (Å²) in [6.07, 6.45) is 3.48. The van der Waals surface area contributed by atoms with Crippen molar-refractivity contribution in [3.05, 3.63) is 32.8 Å². The SMILES string of the molecule is CCC1CCC(Nc2ccc(Br)cc2[N+](=O)[O-])C1C. The molecular weight excluding hydrogens is 308 g/mol. The van der Waals surface area contributed by atoms with Crippen LogP contribution in [0.25, 0.3) is 0 Å². The van der Waals surface area contributed by atoms with Gasteiger partial charge in [0, 0.05) is 16.6 Å². The average Bonchev–Trinajstić information content (AvgIpc) is 2.72. The maximum absolute atomic E-state index is 11.1. The number of nitrogens with one attached hydrogen (secondary N) is 1. The molecule has 0 aliphatic heterocycles. The standard InChI is InChI=1S/C14H19BrN2O2/c1-3-10-4-6-12(9(10)2)16-13-7-5-11(15)8-14(13)17(18)19/h5,7-10,12,16H,3-4,6H2,1-2H3. The zero-order valence-electron chi connectivity index (χ0n) is 11.2. The lowest BCUT2D eigenvalue weighted by atomic mass is 9.93. The van der Waals surface area contributed by atoms with Gasteiger partial charge in [-0.25, -0.2) is 0 Å². The van der Waals surface area contributed by atoms with Gasteiger partial charge in [0.2, 0.25) is 0 Å². The number of rotatable bonds is 4. The van der Waals surface area contributed by atoms with E-state index in [2.05, 4.69) is 35.1 Å². The van der Waals surface area contributed by atoms with Crippen molar-refractivity contribution < 1.29 is 4.92 Å². The second-order valence-electron chi connectivity index (χ2n) is 5.27. The highest BCUT2D eigenvalue weighted by molar-refractivity contribution is 9.10. The van der Waals surface area contributed by atoms with Crippen LogP contribution >= 0.6 is 15.9 Å². The second kappa shape index (κ2) is 5.90. The molecule has 1 N–H and O–H groups in total. The zero-order chi connectivity index (χ0) is 14.0. The molecule has 5 heteroatoms. The van der Waals surface area contributed by atoms with Gasteiger partial charge in [0.25, 0.3) is 5.69 Å². The van der Waals surface area contributed by atoms with Crippen LogP contribution in [0.4, 0.5) is 11.4 Å². The third-order valence-electron chi connectivity index (χ3n) is 4.25. The number of benzene rings is 1. The summed E-state index contributed by atoms with van der Waals surface area (Å²) in [5, 5.41) is 14.5. The van der Waals surface area contributed by atoms with Crippen molar-refractivity contribution in [3.8, 4) is 0 Å². The molecule has 3 unspecified atom stereocenters. The van der Waals surface area contributed by atoms with Crippen LogP contribution in [-0.2, 0) is 0 Å². The Bertz CT molecular complexity index is 479. The van der Waals surface area contributed by atoms with Crippen molar-refractivity contribution in [1.29, 1.82) is 0 Å². The first-order valence-electron chi connectivity index (χ1n) is 6.73. The maximum Gasteiger partial charge on any atom is 0.293 e. The van der Waals surface area contributed by atoms with Crippen molar-refractivity contribution in [2.24, 2.45) is 11.8 Å². The first-order valence-corrected chi connectivity index (χ1v) is 7.52. The number of nitrogens with zero attached hydrogens (tertiary/aromatic N) is 1. The zero-order valence-corrected chi connectivity index (χ0v) is 12.8. The third kappa shape index (κ3) is 3.08. The Kier molecular flexibility index (Phi) is 4.45. The Labute approximate surface area is 121 Å². The fraction of sp³-hybridized carbons (Fsp3) is 0.571. The first kappa shape index (κ1) is 14.3. The number of nitro benzene ring substituents is 1. The molecule has 1 saturated carbocycles. The molecule has 0 amide bonds. The van der Waals surface area contributed by atoms with Gasteiger partial charge in [-0.15, -0.1) is 0 Å². The highest BCUT2D eigenvalue weighted by atomic mass is 79.9. The van der Waals surface area contributed by atoms with E-state index in [1.807, 2.05) is 6.07 Å². The molecule has 0 saturated heterocycles. The van der Waals surface area contributed by atoms with Gasteiger partial charge in [-0.05, 0) is 36.8 Å². The number of nitro groups is 1. The van der Waals surface area contributed by atoms with Crippen LogP contribution < -0.4 is 5.32 Å². The van der Waals surface area contributed by atoms with E-state index in [0.29, 0.717) is 17.6 Å². The van der Waals surface area contributed by atoms with E-state index in [1.165, 1.54) is 12.8 Å². The highest BCUT2D eigenvalue weighted by Gasteiger charge is 2.32. The van der Waals surface area contributed by atoms with Gasteiger partial charge in [-0.3, -0.25) is 10.1 Å². The molecule has 2 rings (SSSR count). The van der Waals surface area contributed by atoms with E-state index in [4.69, 9.17) is 0 Å². The Morgan fingerprint density at radius 3 is 2.79 bits per heavy atom. The Morgan fingerprint density at radius 1 is 1.47 bits per heavy atom. The molecule has 19 heavy (non-hydrogen) atoms. The topological polar surface area (TPSA) is 55.2 Å². The molecule has 0 bridgehead atoms. The lowest BCUT2D eigenvalue weighted by Crippen LogP contribution is -2.25. The lowest BCUT2D eigenvalue weighted by Gasteiger charge is -2.22. The number of hydrogen-bond donors (Lipinski definition) is 1. The normalized spacial score (nSPS) is 26.4. The molecule has 0 heterocycles. The Balaban J connectivity index is 2.18. The van der Waals surface area contributed by atoms with Crippen LogP contribution in [0.2, 0.25) is 0 Å². The molecule has 4 nitrogen and oxygen atoms in total. The quantitative estimate of drug-likeness (QED) is 0.650. The molecule has 0 radical (unpaired) electrons. The van der Waals surface area contributed by atoms with Gasteiger partial charge < -0.3 is 5.32 Å². The minimum Gasteiger partial charge on any atom is -0.376 e. The summed E-state index contributed by atoms with van der Waals surface area (Å²) in [5.74, 6) is 1.29. The van der Waals surface area contributed by atoms with Crippen molar-refractivity contribution >= 4 is 27.3 Å². The molecule has 3 atom stereocenters. The van der Waals surface area contributed by atoms with Crippen LogP contribution in [0, 0.1) is 22.0 Å². The summed E-state index contributed by atoms with van der Waals surface area (Å²) in [7, 11) is 0. The summed E-state index contributed by atoms with van der Waals surface area (Å²) in [4.78, 5) is 10.8. The molecule has 1 aromatic rings. The summed E-state index contributed by atoms with van der Waals surface area (Å²) >= 11 is 3.28. The molecule has 1 aliphatic carbocycles. The minimum atomic E-state index is -0.329. The Morgan fingerprint density at radius 2 is 2.21 bits per heavy atom. The minimum absolute atomic E-state index is 0.140. The second-order valence-corrected chi connectivity index (χ2v) is 6.19. The van der Waals surface area contributed by atoms with Crippen molar-refractivity contribution in [2.45, 2.75) is 39.2 Å². The lowest BCUT2D eigenvalue weighted by molar-refractivity contribution is -0.384. The van der Waals surface area contributed by atoms with E-state index < -0.39 is 0 Å². The summed E-state index contributed by atoms with van der Waals surface area (Å²) in [6.45, 7) is 4.45.